The molecule has 14 heavy (non-hydrogen) atoms. The van der Waals surface area contributed by atoms with Crippen molar-refractivity contribution in [1.29, 1.82) is 0 Å². The number of hydrogen-bond donors (Lipinski definition) is 2. The van der Waals surface area contributed by atoms with Crippen molar-refractivity contribution in [1.82, 2.24) is 10.6 Å². The summed E-state index contributed by atoms with van der Waals surface area (Å²) in [5, 5.41) is 19.1. The lowest BCUT2D eigenvalue weighted by molar-refractivity contribution is -0.380. The first-order valence-electron chi connectivity index (χ1n) is 4.44. The van der Waals surface area contributed by atoms with Gasteiger partial charge in [0.05, 0.1) is 4.92 Å². The summed E-state index contributed by atoms with van der Waals surface area (Å²) in [6, 6.07) is 1.86. The van der Waals surface area contributed by atoms with Gasteiger partial charge in [-0.2, -0.15) is 0 Å². The molecule has 2 rings (SSSR count). The van der Waals surface area contributed by atoms with Crippen LogP contribution in [0, 0.1) is 10.1 Å². The Labute approximate surface area is 85.3 Å². The van der Waals surface area contributed by atoms with Gasteiger partial charge in [-0.25, -0.2) is 0 Å². The minimum Gasteiger partial charge on any atom is -0.314 e. The number of rotatable bonds is 2. The average Bonchev–Trinajstić information content (AvgIpc) is 2.68. The highest BCUT2D eigenvalue weighted by atomic mass is 32.1. The van der Waals surface area contributed by atoms with Crippen LogP contribution in [0.15, 0.2) is 11.4 Å². The topological polar surface area (TPSA) is 67.2 Å². The predicted octanol–water partition coefficient (Wildman–Crippen LogP) is 0.890. The van der Waals surface area contributed by atoms with Crippen molar-refractivity contribution in [2.75, 3.05) is 19.6 Å². The molecule has 1 atom stereocenters. The summed E-state index contributed by atoms with van der Waals surface area (Å²) in [5.74, 6) is 0. The van der Waals surface area contributed by atoms with Crippen LogP contribution in [0.1, 0.15) is 11.6 Å². The van der Waals surface area contributed by atoms with Crippen molar-refractivity contribution >= 4 is 16.3 Å². The third-order valence-electron chi connectivity index (χ3n) is 2.23. The van der Waals surface area contributed by atoms with Gasteiger partial charge >= 0.3 is 5.00 Å². The fourth-order valence-electron chi connectivity index (χ4n) is 1.51. The van der Waals surface area contributed by atoms with Crippen LogP contribution in [-0.4, -0.2) is 24.6 Å². The minimum absolute atomic E-state index is 0.215. The van der Waals surface area contributed by atoms with E-state index in [1.54, 1.807) is 6.07 Å². The van der Waals surface area contributed by atoms with Gasteiger partial charge in [0.15, 0.2) is 0 Å². The summed E-state index contributed by atoms with van der Waals surface area (Å²) < 4.78 is 0. The first kappa shape index (κ1) is 9.57. The van der Waals surface area contributed by atoms with Gasteiger partial charge in [-0.05, 0) is 5.56 Å². The Bertz CT molecular complexity index is 333. The number of hydrogen-bond acceptors (Lipinski definition) is 5. The van der Waals surface area contributed by atoms with Gasteiger partial charge in [-0.1, -0.05) is 11.3 Å². The Morgan fingerprint density at radius 2 is 2.43 bits per heavy atom. The molecule has 0 bridgehead atoms. The largest absolute Gasteiger partial charge is 0.324 e. The summed E-state index contributed by atoms with van der Waals surface area (Å²) >= 11 is 1.18. The molecule has 1 aromatic heterocycles. The summed E-state index contributed by atoms with van der Waals surface area (Å²) in [6.07, 6.45) is 0. The molecular formula is C8H11N3O2S. The molecular weight excluding hydrogens is 202 g/mol. The Kier molecular flexibility index (Phi) is 2.76. The molecule has 2 N–H and O–H groups in total. The highest BCUT2D eigenvalue weighted by Gasteiger charge is 2.18. The van der Waals surface area contributed by atoms with Crippen molar-refractivity contribution in [2.45, 2.75) is 6.04 Å². The second-order valence-electron chi connectivity index (χ2n) is 3.19. The van der Waals surface area contributed by atoms with Gasteiger partial charge in [-0.3, -0.25) is 10.1 Å². The van der Waals surface area contributed by atoms with Crippen LogP contribution in [0.2, 0.25) is 0 Å². The van der Waals surface area contributed by atoms with Gasteiger partial charge in [0, 0.05) is 37.1 Å². The van der Waals surface area contributed by atoms with Crippen LogP contribution >= 0.6 is 11.3 Å². The van der Waals surface area contributed by atoms with Crippen LogP contribution in [-0.2, 0) is 0 Å². The standard InChI is InChI=1S/C8H11N3O2S/c12-11(13)8-3-6(5-14-8)7-4-9-1-2-10-7/h3,5,7,9-10H,1-2,4H2/t7-/m0/s1. The van der Waals surface area contributed by atoms with Crippen LogP contribution in [0.25, 0.3) is 0 Å². The van der Waals surface area contributed by atoms with Crippen molar-refractivity contribution in [3.63, 3.8) is 0 Å². The molecule has 0 aliphatic carbocycles. The molecule has 0 spiro atoms. The number of piperazine rings is 1. The maximum atomic E-state index is 10.5. The quantitative estimate of drug-likeness (QED) is 0.565. The first-order chi connectivity index (χ1) is 6.77. The van der Waals surface area contributed by atoms with E-state index >= 15 is 0 Å². The summed E-state index contributed by atoms with van der Waals surface area (Å²) in [4.78, 5) is 10.1. The maximum absolute atomic E-state index is 10.5. The van der Waals surface area contributed by atoms with E-state index in [-0.39, 0.29) is 16.0 Å². The SMILES string of the molecule is O=[N+]([O-])c1cc([C@@H]2CNCCN2)cs1. The van der Waals surface area contributed by atoms with Gasteiger partial charge in [-0.15, -0.1) is 0 Å². The van der Waals surface area contributed by atoms with Crippen LogP contribution < -0.4 is 10.6 Å². The molecule has 2 heterocycles. The molecule has 1 saturated heterocycles. The lowest BCUT2D eigenvalue weighted by Crippen LogP contribution is -2.42. The molecule has 0 unspecified atom stereocenters. The number of nitrogens with one attached hydrogen (secondary N) is 2. The van der Waals surface area contributed by atoms with Crippen LogP contribution in [0.4, 0.5) is 5.00 Å². The maximum Gasteiger partial charge on any atom is 0.324 e. The number of nitro groups is 1. The molecule has 0 saturated carbocycles. The fraction of sp³-hybridized carbons (Fsp3) is 0.500. The second-order valence-corrected chi connectivity index (χ2v) is 4.08. The molecule has 6 heteroatoms. The predicted molar refractivity (Wildman–Crippen MR) is 54.6 cm³/mol. The lowest BCUT2D eigenvalue weighted by Gasteiger charge is -2.23. The van der Waals surface area contributed by atoms with E-state index in [0.29, 0.717) is 0 Å². The zero-order valence-electron chi connectivity index (χ0n) is 7.53. The molecule has 0 amide bonds. The molecule has 1 aromatic rings. The van der Waals surface area contributed by atoms with Gasteiger partial charge in [0.1, 0.15) is 0 Å². The van der Waals surface area contributed by atoms with E-state index in [1.807, 2.05) is 5.38 Å². The second kappa shape index (κ2) is 4.04. The van der Waals surface area contributed by atoms with Crippen LogP contribution in [0.3, 0.4) is 0 Å². The van der Waals surface area contributed by atoms with Crippen molar-refractivity contribution in [3.05, 3.63) is 27.1 Å². The van der Waals surface area contributed by atoms with E-state index in [1.165, 1.54) is 11.3 Å². The zero-order chi connectivity index (χ0) is 9.97. The molecule has 76 valence electrons. The Morgan fingerprint density at radius 1 is 1.57 bits per heavy atom. The number of nitrogens with zero attached hydrogens (tertiary/aromatic N) is 1. The normalized spacial score (nSPS) is 22.1. The smallest absolute Gasteiger partial charge is 0.314 e. The van der Waals surface area contributed by atoms with E-state index in [0.717, 1.165) is 25.2 Å². The fourth-order valence-corrected chi connectivity index (χ4v) is 2.29. The molecule has 0 aromatic carbocycles. The van der Waals surface area contributed by atoms with E-state index in [9.17, 15) is 10.1 Å². The van der Waals surface area contributed by atoms with Crippen molar-refractivity contribution in [2.24, 2.45) is 0 Å². The summed E-state index contributed by atoms with van der Waals surface area (Å²) in [6.45, 7) is 2.71. The Balaban J connectivity index is 2.11. The summed E-state index contributed by atoms with van der Waals surface area (Å²) in [5.41, 5.74) is 1.01. The minimum atomic E-state index is -0.343. The van der Waals surface area contributed by atoms with Crippen molar-refractivity contribution < 1.29 is 4.92 Å². The highest BCUT2D eigenvalue weighted by molar-refractivity contribution is 7.13. The highest BCUT2D eigenvalue weighted by Crippen LogP contribution is 2.26. The van der Waals surface area contributed by atoms with Gasteiger partial charge < -0.3 is 10.6 Å². The van der Waals surface area contributed by atoms with Crippen LogP contribution in [0.5, 0.6) is 0 Å². The first-order valence-corrected chi connectivity index (χ1v) is 5.32. The molecule has 1 aliphatic heterocycles. The van der Waals surface area contributed by atoms with E-state index < -0.39 is 0 Å². The van der Waals surface area contributed by atoms with Gasteiger partial charge in [0.25, 0.3) is 0 Å². The molecule has 1 aliphatic rings. The zero-order valence-corrected chi connectivity index (χ0v) is 8.34. The third kappa shape index (κ3) is 1.92. The molecule has 5 nitrogen and oxygen atoms in total. The molecule has 1 fully saturated rings. The average molecular weight is 213 g/mol. The monoisotopic (exact) mass is 213 g/mol. The van der Waals surface area contributed by atoms with Gasteiger partial charge in [0.2, 0.25) is 0 Å². The van der Waals surface area contributed by atoms with E-state index in [2.05, 4.69) is 10.6 Å². The number of thiophene rings is 1. The summed E-state index contributed by atoms with van der Waals surface area (Å²) in [7, 11) is 0. The molecule has 0 radical (unpaired) electrons. The third-order valence-corrected chi connectivity index (χ3v) is 3.13. The Hall–Kier alpha value is -0.980. The Morgan fingerprint density at radius 3 is 3.00 bits per heavy atom. The lowest BCUT2D eigenvalue weighted by atomic mass is 10.1. The van der Waals surface area contributed by atoms with E-state index in [4.69, 9.17) is 0 Å². The van der Waals surface area contributed by atoms with Crippen molar-refractivity contribution in [3.8, 4) is 0 Å².